The summed E-state index contributed by atoms with van der Waals surface area (Å²) in [4.78, 5) is 29.2. The van der Waals surface area contributed by atoms with Crippen LogP contribution in [0.1, 0.15) is 32.1 Å². The number of piperazine rings is 1. The van der Waals surface area contributed by atoms with Gasteiger partial charge in [0.1, 0.15) is 0 Å². The van der Waals surface area contributed by atoms with Crippen LogP contribution in [0.3, 0.4) is 0 Å². The summed E-state index contributed by atoms with van der Waals surface area (Å²) in [6.07, 6.45) is 6.71. The zero-order valence-electron chi connectivity index (χ0n) is 12.2. The van der Waals surface area contributed by atoms with E-state index in [0.29, 0.717) is 44.4 Å². The minimum Gasteiger partial charge on any atom is -0.342 e. The third-order valence-corrected chi connectivity index (χ3v) is 4.99. The zero-order valence-corrected chi connectivity index (χ0v) is 12.2. The minimum absolute atomic E-state index is 0.292. The number of carbonyl (C=O) groups is 2. The van der Waals surface area contributed by atoms with Gasteiger partial charge in [0.25, 0.3) is 0 Å². The van der Waals surface area contributed by atoms with Gasteiger partial charge in [-0.05, 0) is 44.7 Å². The standard InChI is InChI=1S/C15H25N3O2/c19-12-16-7-9-18(10-8-16)15(20)11-13-3-5-17(6-4-13)14-1-2-14/h12-14H,1-11H2. The van der Waals surface area contributed by atoms with Crippen LogP contribution in [-0.2, 0) is 9.59 Å². The van der Waals surface area contributed by atoms with Crippen LogP contribution in [0.25, 0.3) is 0 Å². The molecule has 2 aliphatic heterocycles. The van der Waals surface area contributed by atoms with E-state index in [0.717, 1.165) is 12.5 Å². The number of nitrogens with zero attached hydrogens (tertiary/aromatic N) is 3. The number of rotatable bonds is 4. The van der Waals surface area contributed by atoms with E-state index in [4.69, 9.17) is 0 Å². The van der Waals surface area contributed by atoms with Gasteiger partial charge in [0.2, 0.25) is 12.3 Å². The molecule has 0 aromatic heterocycles. The maximum Gasteiger partial charge on any atom is 0.222 e. The van der Waals surface area contributed by atoms with Gasteiger partial charge in [0.05, 0.1) is 0 Å². The summed E-state index contributed by atoms with van der Waals surface area (Å²) in [6, 6.07) is 0.864. The topological polar surface area (TPSA) is 43.9 Å². The van der Waals surface area contributed by atoms with Crippen molar-refractivity contribution in [1.29, 1.82) is 0 Å². The van der Waals surface area contributed by atoms with Crippen LogP contribution in [0.5, 0.6) is 0 Å². The van der Waals surface area contributed by atoms with Crippen molar-refractivity contribution in [3.8, 4) is 0 Å². The Hall–Kier alpha value is -1.10. The van der Waals surface area contributed by atoms with Gasteiger partial charge in [-0.2, -0.15) is 0 Å². The fraction of sp³-hybridized carbons (Fsp3) is 0.867. The van der Waals surface area contributed by atoms with Crippen molar-refractivity contribution in [2.45, 2.75) is 38.1 Å². The van der Waals surface area contributed by atoms with Gasteiger partial charge in [-0.3, -0.25) is 9.59 Å². The first-order valence-electron chi connectivity index (χ1n) is 7.97. The summed E-state index contributed by atoms with van der Waals surface area (Å²) < 4.78 is 0. The van der Waals surface area contributed by atoms with E-state index in [-0.39, 0.29) is 0 Å². The van der Waals surface area contributed by atoms with Crippen LogP contribution in [-0.4, -0.2) is 72.3 Å². The van der Waals surface area contributed by atoms with Crippen LogP contribution in [0.4, 0.5) is 0 Å². The van der Waals surface area contributed by atoms with Crippen molar-refractivity contribution >= 4 is 12.3 Å². The average Bonchev–Trinajstić information content (AvgIpc) is 3.33. The molecule has 1 aliphatic carbocycles. The highest BCUT2D eigenvalue weighted by Crippen LogP contribution is 2.31. The van der Waals surface area contributed by atoms with E-state index in [1.165, 1.54) is 38.8 Å². The number of piperidine rings is 1. The number of carbonyl (C=O) groups excluding carboxylic acids is 2. The SMILES string of the molecule is O=CN1CCN(C(=O)CC2CCN(C3CC3)CC2)CC1. The Balaban J connectivity index is 1.39. The molecule has 3 fully saturated rings. The van der Waals surface area contributed by atoms with Gasteiger partial charge < -0.3 is 14.7 Å². The number of likely N-dealkylation sites (tertiary alicyclic amines) is 1. The van der Waals surface area contributed by atoms with Gasteiger partial charge in [-0.1, -0.05) is 0 Å². The number of hydrogen-bond donors (Lipinski definition) is 0. The smallest absolute Gasteiger partial charge is 0.222 e. The van der Waals surface area contributed by atoms with Crippen molar-refractivity contribution in [2.75, 3.05) is 39.3 Å². The highest BCUT2D eigenvalue weighted by atomic mass is 16.2. The molecule has 0 bridgehead atoms. The van der Waals surface area contributed by atoms with E-state index >= 15 is 0 Å². The Kier molecular flexibility index (Phi) is 4.24. The predicted octanol–water partition coefficient (Wildman–Crippen LogP) is 0.552. The van der Waals surface area contributed by atoms with Gasteiger partial charge in [-0.15, -0.1) is 0 Å². The molecule has 5 nitrogen and oxygen atoms in total. The van der Waals surface area contributed by atoms with Crippen molar-refractivity contribution < 1.29 is 9.59 Å². The number of hydrogen-bond acceptors (Lipinski definition) is 3. The minimum atomic E-state index is 0.292. The van der Waals surface area contributed by atoms with E-state index in [1.807, 2.05) is 4.90 Å². The molecule has 0 aromatic carbocycles. The summed E-state index contributed by atoms with van der Waals surface area (Å²) in [7, 11) is 0. The van der Waals surface area contributed by atoms with Crippen molar-refractivity contribution in [1.82, 2.24) is 14.7 Å². The van der Waals surface area contributed by atoms with Crippen molar-refractivity contribution in [2.24, 2.45) is 5.92 Å². The summed E-state index contributed by atoms with van der Waals surface area (Å²) in [5, 5.41) is 0. The second-order valence-electron chi connectivity index (χ2n) is 6.44. The molecule has 2 amide bonds. The van der Waals surface area contributed by atoms with E-state index in [1.54, 1.807) is 4.90 Å². The molecule has 1 saturated carbocycles. The lowest BCUT2D eigenvalue weighted by Crippen LogP contribution is -2.48. The maximum atomic E-state index is 12.3. The van der Waals surface area contributed by atoms with Crippen molar-refractivity contribution in [3.05, 3.63) is 0 Å². The lowest BCUT2D eigenvalue weighted by Gasteiger charge is -2.35. The maximum absolute atomic E-state index is 12.3. The molecular weight excluding hydrogens is 254 g/mol. The first-order chi connectivity index (χ1) is 9.76. The summed E-state index contributed by atoms with van der Waals surface area (Å²) in [5.41, 5.74) is 0. The molecule has 5 heteroatoms. The van der Waals surface area contributed by atoms with Crippen molar-refractivity contribution in [3.63, 3.8) is 0 Å². The molecule has 0 atom stereocenters. The largest absolute Gasteiger partial charge is 0.342 e. The van der Waals surface area contributed by atoms with Crippen LogP contribution < -0.4 is 0 Å². The number of amides is 2. The molecule has 0 radical (unpaired) electrons. The van der Waals surface area contributed by atoms with Gasteiger partial charge in [0, 0.05) is 38.6 Å². The van der Waals surface area contributed by atoms with Crippen LogP contribution in [0, 0.1) is 5.92 Å². The fourth-order valence-corrected chi connectivity index (χ4v) is 3.41. The third-order valence-electron chi connectivity index (χ3n) is 4.99. The predicted molar refractivity (Wildman–Crippen MR) is 76.2 cm³/mol. The quantitative estimate of drug-likeness (QED) is 0.706. The van der Waals surface area contributed by atoms with Gasteiger partial charge in [-0.25, -0.2) is 0 Å². The van der Waals surface area contributed by atoms with Crippen LogP contribution >= 0.6 is 0 Å². The first-order valence-corrected chi connectivity index (χ1v) is 7.97. The van der Waals surface area contributed by atoms with Crippen LogP contribution in [0.2, 0.25) is 0 Å². The van der Waals surface area contributed by atoms with E-state index < -0.39 is 0 Å². The molecule has 0 aromatic rings. The summed E-state index contributed by atoms with van der Waals surface area (Å²) in [6.45, 7) is 5.16. The highest BCUT2D eigenvalue weighted by Gasteiger charge is 2.32. The monoisotopic (exact) mass is 279 g/mol. The molecular formula is C15H25N3O2. The van der Waals surface area contributed by atoms with Crippen LogP contribution in [0.15, 0.2) is 0 Å². The molecule has 0 spiro atoms. The van der Waals surface area contributed by atoms with Gasteiger partial charge in [0.15, 0.2) is 0 Å². The molecule has 2 heterocycles. The Morgan fingerprint density at radius 2 is 1.60 bits per heavy atom. The lowest BCUT2D eigenvalue weighted by molar-refractivity contribution is -0.136. The Morgan fingerprint density at radius 1 is 0.950 bits per heavy atom. The third kappa shape index (κ3) is 3.32. The summed E-state index contributed by atoms with van der Waals surface area (Å²) in [5.74, 6) is 0.863. The second-order valence-corrected chi connectivity index (χ2v) is 6.44. The zero-order chi connectivity index (χ0) is 13.9. The molecule has 20 heavy (non-hydrogen) atoms. The Morgan fingerprint density at radius 3 is 2.15 bits per heavy atom. The molecule has 112 valence electrons. The van der Waals surface area contributed by atoms with E-state index in [9.17, 15) is 9.59 Å². The average molecular weight is 279 g/mol. The molecule has 3 aliphatic rings. The second kappa shape index (κ2) is 6.12. The molecule has 3 rings (SSSR count). The highest BCUT2D eigenvalue weighted by molar-refractivity contribution is 5.76. The van der Waals surface area contributed by atoms with E-state index in [2.05, 4.69) is 4.90 Å². The Labute approximate surface area is 120 Å². The normalized spacial score (nSPS) is 25.8. The molecule has 0 unspecified atom stereocenters. The molecule has 0 N–H and O–H groups in total. The first kappa shape index (κ1) is 13.9. The fourth-order valence-electron chi connectivity index (χ4n) is 3.41. The summed E-state index contributed by atoms with van der Waals surface area (Å²) >= 11 is 0. The molecule has 2 saturated heterocycles. The van der Waals surface area contributed by atoms with Gasteiger partial charge >= 0.3 is 0 Å². The Bertz CT molecular complexity index is 354. The lowest BCUT2D eigenvalue weighted by atomic mass is 9.92.